The average Bonchev–Trinajstić information content (AvgIpc) is 3.07. The van der Waals surface area contributed by atoms with Gasteiger partial charge in [-0.15, -0.1) is 0 Å². The van der Waals surface area contributed by atoms with Crippen molar-refractivity contribution >= 4 is 16.5 Å². The standard InChI is InChI=1S/C25H19NO2/c1-15-16(2)23-24(17-11-13-18(14-12-17)26(27)28)21-9-5-6-10-22(21)25(23)20-8-4-3-7-19(15)20/h3-14,24H,1-2H3. The SMILES string of the molecule is Cc1c2c(c3ccccc3c1C)-c1ccccc1C2c1ccc([N+](=O)[O-])cc1. The number of fused-ring (bicyclic) bond motifs is 5. The maximum Gasteiger partial charge on any atom is 0.269 e. The molecule has 3 nitrogen and oxygen atoms in total. The highest BCUT2D eigenvalue weighted by atomic mass is 16.6. The van der Waals surface area contributed by atoms with E-state index in [1.54, 1.807) is 12.1 Å². The van der Waals surface area contributed by atoms with Crippen molar-refractivity contribution in [1.29, 1.82) is 0 Å². The third-order valence-electron chi connectivity index (χ3n) is 6.10. The van der Waals surface area contributed by atoms with Crippen LogP contribution < -0.4 is 0 Å². The van der Waals surface area contributed by atoms with E-state index in [-0.39, 0.29) is 16.5 Å². The van der Waals surface area contributed by atoms with E-state index in [2.05, 4.69) is 62.4 Å². The van der Waals surface area contributed by atoms with Gasteiger partial charge in [0.1, 0.15) is 0 Å². The zero-order valence-electron chi connectivity index (χ0n) is 15.8. The fourth-order valence-electron chi connectivity index (χ4n) is 4.68. The summed E-state index contributed by atoms with van der Waals surface area (Å²) in [5.41, 5.74) is 8.98. The lowest BCUT2D eigenvalue weighted by Gasteiger charge is -2.19. The van der Waals surface area contributed by atoms with Crippen molar-refractivity contribution in [3.63, 3.8) is 0 Å². The van der Waals surface area contributed by atoms with E-state index < -0.39 is 0 Å². The van der Waals surface area contributed by atoms with Gasteiger partial charge in [-0.2, -0.15) is 0 Å². The Morgan fingerprint density at radius 1 is 0.786 bits per heavy atom. The smallest absolute Gasteiger partial charge is 0.258 e. The van der Waals surface area contributed by atoms with Gasteiger partial charge in [0.2, 0.25) is 0 Å². The Bertz CT molecular complexity index is 1260. The number of nitro groups is 1. The number of rotatable bonds is 2. The molecular formula is C25H19NO2. The van der Waals surface area contributed by atoms with Crippen LogP contribution in [0.1, 0.15) is 33.7 Å². The highest BCUT2D eigenvalue weighted by Gasteiger charge is 2.33. The maximum absolute atomic E-state index is 11.1. The summed E-state index contributed by atoms with van der Waals surface area (Å²) in [5.74, 6) is 0.0929. The number of hydrogen-bond acceptors (Lipinski definition) is 2. The first-order valence-corrected chi connectivity index (χ1v) is 9.43. The molecule has 1 atom stereocenters. The largest absolute Gasteiger partial charge is 0.269 e. The number of hydrogen-bond donors (Lipinski definition) is 0. The van der Waals surface area contributed by atoms with E-state index in [4.69, 9.17) is 0 Å². The van der Waals surface area contributed by atoms with Crippen molar-refractivity contribution in [2.45, 2.75) is 19.8 Å². The summed E-state index contributed by atoms with van der Waals surface area (Å²) >= 11 is 0. The second kappa shape index (κ2) is 6.03. The zero-order chi connectivity index (χ0) is 19.4. The van der Waals surface area contributed by atoms with Crippen LogP contribution >= 0.6 is 0 Å². The van der Waals surface area contributed by atoms with Gasteiger partial charge in [-0.25, -0.2) is 0 Å². The van der Waals surface area contributed by atoms with Crippen molar-refractivity contribution in [2.75, 3.05) is 0 Å². The highest BCUT2D eigenvalue weighted by Crippen LogP contribution is 2.52. The molecule has 0 aromatic heterocycles. The van der Waals surface area contributed by atoms with Gasteiger partial charge < -0.3 is 0 Å². The van der Waals surface area contributed by atoms with Gasteiger partial charge in [0.05, 0.1) is 4.92 Å². The summed E-state index contributed by atoms with van der Waals surface area (Å²) in [4.78, 5) is 10.7. The Kier molecular flexibility index (Phi) is 3.59. The molecule has 28 heavy (non-hydrogen) atoms. The van der Waals surface area contributed by atoms with Crippen molar-refractivity contribution in [2.24, 2.45) is 0 Å². The first-order valence-electron chi connectivity index (χ1n) is 9.43. The van der Waals surface area contributed by atoms with Crippen molar-refractivity contribution in [3.8, 4) is 11.1 Å². The number of nitro benzene ring substituents is 1. The molecule has 0 heterocycles. The van der Waals surface area contributed by atoms with Gasteiger partial charge in [-0.1, -0.05) is 60.7 Å². The first-order chi connectivity index (χ1) is 13.6. The molecule has 1 aliphatic carbocycles. The van der Waals surface area contributed by atoms with Crippen LogP contribution in [0.2, 0.25) is 0 Å². The number of non-ortho nitro benzene ring substituents is 1. The van der Waals surface area contributed by atoms with E-state index in [0.29, 0.717) is 0 Å². The molecule has 0 saturated heterocycles. The summed E-state index contributed by atoms with van der Waals surface area (Å²) in [7, 11) is 0. The quantitative estimate of drug-likeness (QED) is 0.264. The van der Waals surface area contributed by atoms with Crippen LogP contribution in [0.4, 0.5) is 5.69 Å². The normalized spacial score (nSPS) is 14.7. The van der Waals surface area contributed by atoms with Crippen LogP contribution in [-0.2, 0) is 0 Å². The lowest BCUT2D eigenvalue weighted by molar-refractivity contribution is -0.384. The molecule has 0 N–H and O–H groups in total. The van der Waals surface area contributed by atoms with Crippen molar-refractivity contribution in [3.05, 3.63) is 111 Å². The van der Waals surface area contributed by atoms with Crippen molar-refractivity contribution in [1.82, 2.24) is 0 Å². The molecule has 5 rings (SSSR count). The van der Waals surface area contributed by atoms with Crippen LogP contribution in [0, 0.1) is 24.0 Å². The fraction of sp³-hybridized carbons (Fsp3) is 0.120. The molecule has 1 unspecified atom stereocenters. The summed E-state index contributed by atoms with van der Waals surface area (Å²) in [6.07, 6.45) is 0. The lowest BCUT2D eigenvalue weighted by atomic mass is 9.84. The average molecular weight is 365 g/mol. The van der Waals surface area contributed by atoms with Gasteiger partial charge in [0, 0.05) is 18.1 Å². The summed E-state index contributed by atoms with van der Waals surface area (Å²) in [6, 6.07) is 24.2. The van der Waals surface area contributed by atoms with E-state index in [1.165, 1.54) is 44.2 Å². The Balaban J connectivity index is 1.86. The Hall–Kier alpha value is -3.46. The van der Waals surface area contributed by atoms with E-state index in [9.17, 15) is 10.1 Å². The molecule has 0 bridgehead atoms. The summed E-state index contributed by atoms with van der Waals surface area (Å²) in [5, 5.41) is 13.6. The molecule has 0 spiro atoms. The molecule has 4 aromatic rings. The van der Waals surface area contributed by atoms with Gasteiger partial charge in [-0.05, 0) is 63.6 Å². The summed E-state index contributed by atoms with van der Waals surface area (Å²) in [6.45, 7) is 4.39. The molecule has 4 aromatic carbocycles. The fourth-order valence-corrected chi connectivity index (χ4v) is 4.68. The van der Waals surface area contributed by atoms with E-state index in [0.717, 1.165) is 5.56 Å². The third-order valence-corrected chi connectivity index (χ3v) is 6.10. The molecule has 0 aliphatic heterocycles. The summed E-state index contributed by atoms with van der Waals surface area (Å²) < 4.78 is 0. The second-order valence-corrected chi connectivity index (χ2v) is 7.45. The molecule has 0 fully saturated rings. The minimum Gasteiger partial charge on any atom is -0.258 e. The highest BCUT2D eigenvalue weighted by molar-refractivity contribution is 6.04. The monoisotopic (exact) mass is 365 g/mol. The van der Waals surface area contributed by atoms with Crippen LogP contribution in [0.25, 0.3) is 21.9 Å². The lowest BCUT2D eigenvalue weighted by Crippen LogP contribution is -2.03. The zero-order valence-corrected chi connectivity index (χ0v) is 15.8. The van der Waals surface area contributed by atoms with E-state index in [1.807, 2.05) is 12.1 Å². The minimum absolute atomic E-state index is 0.0929. The van der Waals surface area contributed by atoms with Gasteiger partial charge in [-0.3, -0.25) is 10.1 Å². The molecule has 136 valence electrons. The van der Waals surface area contributed by atoms with Crippen LogP contribution in [0.15, 0.2) is 72.8 Å². The van der Waals surface area contributed by atoms with Crippen LogP contribution in [0.5, 0.6) is 0 Å². The van der Waals surface area contributed by atoms with Crippen LogP contribution in [-0.4, -0.2) is 4.92 Å². The molecule has 0 amide bonds. The number of aryl methyl sites for hydroxylation is 1. The maximum atomic E-state index is 11.1. The predicted octanol–water partition coefficient (Wildman–Crippen LogP) is 6.53. The third kappa shape index (κ3) is 2.23. The van der Waals surface area contributed by atoms with Gasteiger partial charge >= 0.3 is 0 Å². The molecule has 1 aliphatic rings. The number of benzene rings is 4. The second-order valence-electron chi connectivity index (χ2n) is 7.45. The molecule has 0 saturated carbocycles. The van der Waals surface area contributed by atoms with E-state index >= 15 is 0 Å². The van der Waals surface area contributed by atoms with Crippen molar-refractivity contribution < 1.29 is 4.92 Å². The molecule has 0 radical (unpaired) electrons. The Labute approximate surface area is 163 Å². The Morgan fingerprint density at radius 2 is 1.43 bits per heavy atom. The topological polar surface area (TPSA) is 43.1 Å². The van der Waals surface area contributed by atoms with Crippen LogP contribution in [0.3, 0.4) is 0 Å². The first kappa shape index (κ1) is 16.7. The minimum atomic E-state index is -0.344. The number of nitrogens with zero attached hydrogens (tertiary/aromatic N) is 1. The molecule has 3 heteroatoms. The van der Waals surface area contributed by atoms with Gasteiger partial charge in [0.15, 0.2) is 0 Å². The Morgan fingerprint density at radius 3 is 2.14 bits per heavy atom. The predicted molar refractivity (Wildman–Crippen MR) is 113 cm³/mol. The van der Waals surface area contributed by atoms with Gasteiger partial charge in [0.25, 0.3) is 5.69 Å². The molecular weight excluding hydrogens is 346 g/mol.